The summed E-state index contributed by atoms with van der Waals surface area (Å²) in [5, 5.41) is 57.9. The summed E-state index contributed by atoms with van der Waals surface area (Å²) in [4.78, 5) is 89.5. The molecule has 606 valence electrons. The van der Waals surface area contributed by atoms with Crippen LogP contribution in [0.3, 0.4) is 0 Å². The minimum absolute atomic E-state index is 0.233. The lowest BCUT2D eigenvalue weighted by Gasteiger charge is -2.28. The maximum atomic E-state index is 12.1. The first-order valence-corrected chi connectivity index (χ1v) is 40.1. The zero-order valence-corrected chi connectivity index (χ0v) is 66.0. The van der Waals surface area contributed by atoms with Crippen LogP contribution in [-0.2, 0) is 47.9 Å². The van der Waals surface area contributed by atoms with Crippen LogP contribution in [0.4, 0.5) is 34.1 Å². The van der Waals surface area contributed by atoms with Gasteiger partial charge < -0.3 is 73.1 Å². The van der Waals surface area contributed by atoms with Crippen molar-refractivity contribution in [3.8, 4) is 69.2 Å². The molecule has 9 aromatic rings. The number of aliphatic imine (C=N–C) groups is 3. The van der Waals surface area contributed by atoms with E-state index in [9.17, 15) is 40.4 Å². The van der Waals surface area contributed by atoms with Gasteiger partial charge in [-0.15, -0.1) is 0 Å². The molecule has 18 rings (SSSR count). The van der Waals surface area contributed by atoms with Crippen molar-refractivity contribution in [3.05, 3.63) is 197 Å². The summed E-state index contributed by atoms with van der Waals surface area (Å²) < 4.78 is 34.6. The molecule has 6 fully saturated rings. The van der Waals surface area contributed by atoms with Crippen molar-refractivity contribution in [2.75, 3.05) is 139 Å². The fourth-order valence-corrected chi connectivity index (χ4v) is 16.0. The summed E-state index contributed by atoms with van der Waals surface area (Å²) in [6.07, 6.45) is 5.55. The number of aliphatic hydroxyl groups excluding tert-OH is 3. The van der Waals surface area contributed by atoms with Crippen molar-refractivity contribution < 1.29 is 58.1 Å². The van der Waals surface area contributed by atoms with Crippen LogP contribution in [0, 0.1) is 34.0 Å². The quantitative estimate of drug-likeness (QED) is 0.0727. The molecule has 0 unspecified atom stereocenters. The van der Waals surface area contributed by atoms with Gasteiger partial charge in [0.05, 0.1) is 127 Å². The highest BCUT2D eigenvalue weighted by molar-refractivity contribution is 6.09. The Kier molecular flexibility index (Phi) is 24.3. The molecule has 6 saturated heterocycles. The number of hydrogen-bond donors (Lipinski definition) is 3. The first kappa shape index (κ1) is 79.8. The molecule has 3 aromatic heterocycles. The van der Waals surface area contributed by atoms with Gasteiger partial charge in [0, 0.05) is 131 Å². The van der Waals surface area contributed by atoms with Gasteiger partial charge >= 0.3 is 0 Å². The second-order valence-corrected chi connectivity index (χ2v) is 30.2. The average Bonchev–Trinajstić information content (AvgIpc) is 1.75. The standard InChI is InChI=1S/2C30H30N6O4.C29H28N6O4/c2*1-19(37)30(38)36-9-8-24(17-36)40-27-7-4-21(14-22(27)16-31)28-29-26(32-18-33-28)15-25(34-29)20-2-5-23(6-3-20)35-10-12-39-13-11-35;30-15-21-13-20(3-6-26(21)39-23-7-8-35(16-23)27(37)17-36)28-29-25(31-18-32-28)14-24(33-29)19-1-4-22(5-2-19)34-9-11-38-12-10-34/h2*2-7,14,18-19,24,37H,8-13,15,17H2,1H3;1-6,13,18,23,36H,7-12,14,16-17H2/t19-,24+;19-,24-;23-/m011/s1. The summed E-state index contributed by atoms with van der Waals surface area (Å²) in [6, 6.07) is 48.2. The number of aliphatic hydroxyl groups is 3. The smallest absolute Gasteiger partial charge is 0.251 e. The largest absolute Gasteiger partial charge is 0.487 e. The second-order valence-electron chi connectivity index (χ2n) is 30.2. The molecule has 5 atom stereocenters. The van der Waals surface area contributed by atoms with Gasteiger partial charge in [-0.3, -0.25) is 14.4 Å². The van der Waals surface area contributed by atoms with Crippen LogP contribution in [0.25, 0.3) is 33.8 Å². The van der Waals surface area contributed by atoms with Crippen molar-refractivity contribution in [1.82, 2.24) is 44.6 Å². The Morgan fingerprint density at radius 3 is 0.983 bits per heavy atom. The first-order chi connectivity index (χ1) is 58.1. The molecule has 0 bridgehead atoms. The number of likely N-dealkylation sites (tertiary alicyclic amines) is 3. The zero-order valence-electron chi connectivity index (χ0n) is 66.0. The number of carbonyl (C=O) groups is 3. The second kappa shape index (κ2) is 36.3. The van der Waals surface area contributed by atoms with Crippen LogP contribution in [-0.4, -0.2) is 250 Å². The van der Waals surface area contributed by atoms with Crippen molar-refractivity contribution in [2.24, 2.45) is 15.0 Å². The van der Waals surface area contributed by atoms with Crippen molar-refractivity contribution in [2.45, 2.75) is 82.9 Å². The van der Waals surface area contributed by atoms with Crippen LogP contribution >= 0.6 is 0 Å². The minimum atomic E-state index is -1.04. The maximum absolute atomic E-state index is 12.1. The number of ether oxygens (including phenoxy) is 6. The minimum Gasteiger partial charge on any atom is -0.487 e. The van der Waals surface area contributed by atoms with E-state index in [0.717, 1.165) is 164 Å². The molecule has 119 heavy (non-hydrogen) atoms. The number of hydrogen-bond acceptors (Lipinski definition) is 27. The van der Waals surface area contributed by atoms with E-state index in [-0.39, 0.29) is 36.0 Å². The molecule has 3 amide bonds. The Morgan fingerprint density at radius 1 is 0.412 bits per heavy atom. The highest BCUT2D eigenvalue weighted by atomic mass is 16.5. The van der Waals surface area contributed by atoms with Gasteiger partial charge in [-0.25, -0.2) is 44.9 Å². The van der Waals surface area contributed by atoms with E-state index in [1.54, 1.807) is 51.1 Å². The monoisotopic (exact) mass is 1600 g/mol. The summed E-state index contributed by atoms with van der Waals surface area (Å²) >= 11 is 0. The molecule has 9 aliphatic rings. The molecule has 0 spiro atoms. The summed E-state index contributed by atoms with van der Waals surface area (Å²) in [5.74, 6) is 0.429. The van der Waals surface area contributed by atoms with Crippen molar-refractivity contribution in [3.63, 3.8) is 0 Å². The van der Waals surface area contributed by atoms with Gasteiger partial charge in [0.1, 0.15) is 109 Å². The number of nitriles is 3. The lowest BCUT2D eigenvalue weighted by molar-refractivity contribution is -0.139. The molecule has 0 saturated carbocycles. The number of rotatable bonds is 18. The molecule has 30 nitrogen and oxygen atoms in total. The number of amides is 3. The van der Waals surface area contributed by atoms with Crippen molar-refractivity contribution >= 4 is 69.0 Å². The normalized spacial score (nSPS) is 18.9. The molecule has 30 heteroatoms. The number of anilines is 3. The molecule has 9 aliphatic heterocycles. The predicted octanol–water partition coefficient (Wildman–Crippen LogP) is 8.28. The topological polar surface area (TPSA) is 373 Å². The van der Waals surface area contributed by atoms with E-state index in [4.69, 9.17) is 48.5 Å². The number of aromatic nitrogens is 6. The van der Waals surface area contributed by atoms with Gasteiger partial charge in [-0.2, -0.15) is 15.8 Å². The molecule has 0 aliphatic carbocycles. The first-order valence-electron chi connectivity index (χ1n) is 40.1. The molecule has 3 N–H and O–H groups in total. The number of morpholine rings is 3. The fraction of sp³-hybridized carbons (Fsp3) is 0.360. The number of carbonyl (C=O) groups excluding carboxylic acids is 3. The Bertz CT molecular complexity index is 5290. The molecular weight excluding hydrogens is 1510 g/mol. The van der Waals surface area contributed by atoms with Crippen molar-refractivity contribution in [1.29, 1.82) is 15.8 Å². The Labute approximate surface area is 687 Å². The van der Waals surface area contributed by atoms with Gasteiger partial charge in [-0.1, -0.05) is 36.4 Å². The average molecular weight is 1600 g/mol. The molecule has 12 heterocycles. The number of nitrogens with zero attached hydrogens (tertiary/aromatic N) is 18. The summed E-state index contributed by atoms with van der Waals surface area (Å²) in [6.45, 7) is 14.9. The molecule has 6 aromatic carbocycles. The summed E-state index contributed by atoms with van der Waals surface area (Å²) in [5.41, 5.74) is 19.6. The van der Waals surface area contributed by atoms with Crippen LogP contribution in [0.2, 0.25) is 0 Å². The van der Waals surface area contributed by atoms with Gasteiger partial charge in [-0.05, 0) is 122 Å². The molecule has 0 radical (unpaired) electrons. The number of benzene rings is 6. The third-order valence-electron chi connectivity index (χ3n) is 22.4. The highest BCUT2D eigenvalue weighted by Crippen LogP contribution is 2.42. The van der Waals surface area contributed by atoms with Crippen LogP contribution in [0.1, 0.15) is 83.6 Å². The zero-order chi connectivity index (χ0) is 82.0. The van der Waals surface area contributed by atoms with Crippen LogP contribution in [0.15, 0.2) is 161 Å². The predicted molar refractivity (Wildman–Crippen MR) is 442 cm³/mol. The maximum Gasteiger partial charge on any atom is 0.251 e. The number of fused-ring (bicyclic) bond motifs is 3. The van der Waals surface area contributed by atoms with E-state index < -0.39 is 18.8 Å². The Balaban J connectivity index is 0.000000133. The van der Waals surface area contributed by atoms with E-state index in [1.165, 1.54) is 49.9 Å². The van der Waals surface area contributed by atoms with E-state index >= 15 is 0 Å². The lowest BCUT2D eigenvalue weighted by Crippen LogP contribution is -2.37. The third kappa shape index (κ3) is 18.0. The summed E-state index contributed by atoms with van der Waals surface area (Å²) in [7, 11) is 0. The SMILES string of the molecule is C[C@@H](O)C(=O)N1CC[C@@H](Oc2ccc(-c3ncnc4c3N=C(c3ccc(N5CCOCC5)cc3)C4)cc2C#N)C1.C[C@H](O)C(=O)N1CC[C@@H](Oc2ccc(-c3ncnc4c3N=C(c3ccc(N5CCOCC5)cc3)C4)cc2C#N)C1.N#Cc1cc(-c2ncnc3c2N=C(c2ccc(N4CCOCC4)cc2)C3)ccc1O[C@@H]1CCN(C(=O)CO)C1. The lowest BCUT2D eigenvalue weighted by atomic mass is 10.0. The van der Waals surface area contributed by atoms with Gasteiger partial charge in [0.15, 0.2) is 0 Å². The highest BCUT2D eigenvalue weighted by Gasteiger charge is 2.35. The third-order valence-corrected chi connectivity index (χ3v) is 22.4. The van der Waals surface area contributed by atoms with E-state index in [0.29, 0.717) is 129 Å². The van der Waals surface area contributed by atoms with Crippen LogP contribution < -0.4 is 28.9 Å². The Morgan fingerprint density at radius 2 is 0.697 bits per heavy atom. The Hall–Kier alpha value is -13.0. The van der Waals surface area contributed by atoms with E-state index in [2.05, 4.69) is 136 Å². The fourth-order valence-electron chi connectivity index (χ4n) is 16.0. The van der Waals surface area contributed by atoms with Crippen LogP contribution in [0.5, 0.6) is 17.2 Å². The van der Waals surface area contributed by atoms with Gasteiger partial charge in [0.2, 0.25) is 5.91 Å². The van der Waals surface area contributed by atoms with Gasteiger partial charge in [0.25, 0.3) is 11.8 Å². The molecular formula is C89H88N18O12. The van der Waals surface area contributed by atoms with E-state index in [1.807, 2.05) is 18.2 Å².